The Hall–Kier alpha value is -5.58. The zero-order valence-corrected chi connectivity index (χ0v) is 67.6. The summed E-state index contributed by atoms with van der Waals surface area (Å²) < 4.78 is 68.5. The fraction of sp³-hybridized carbons (Fsp3) is 0.632. The molecule has 17 nitrogen and oxygen atoms in total. The van der Waals surface area contributed by atoms with Gasteiger partial charge in [-0.05, 0) is 135 Å². The normalized spacial score (nSPS) is 14.7. The lowest BCUT2D eigenvalue weighted by Gasteiger charge is -2.21. The van der Waals surface area contributed by atoms with E-state index in [0.717, 1.165) is 167 Å². The molecular formula is C87H142O17P2. The van der Waals surface area contributed by atoms with Crippen LogP contribution in [0.25, 0.3) is 0 Å². The Bertz CT molecular complexity index is 2680. The molecule has 0 aromatic heterocycles. The number of unbranched alkanes of at least 4 members (excludes halogenated alkanes) is 21. The summed E-state index contributed by atoms with van der Waals surface area (Å²) in [4.78, 5) is 73.0. The third-order valence-electron chi connectivity index (χ3n) is 16.2. The van der Waals surface area contributed by atoms with Crippen LogP contribution in [0.2, 0.25) is 0 Å². The summed E-state index contributed by atoms with van der Waals surface area (Å²) >= 11 is 0. The van der Waals surface area contributed by atoms with Crippen LogP contribution in [-0.4, -0.2) is 96.7 Å². The van der Waals surface area contributed by atoms with E-state index in [4.69, 9.17) is 37.0 Å². The molecule has 602 valence electrons. The van der Waals surface area contributed by atoms with E-state index in [1.54, 1.807) is 12.2 Å². The number of allylic oxidation sites excluding steroid dienone is 27. The minimum Gasteiger partial charge on any atom is -0.462 e. The van der Waals surface area contributed by atoms with E-state index in [9.17, 15) is 43.2 Å². The van der Waals surface area contributed by atoms with Gasteiger partial charge < -0.3 is 33.8 Å². The molecule has 0 saturated carbocycles. The van der Waals surface area contributed by atoms with Gasteiger partial charge in [-0.25, -0.2) is 9.13 Å². The second-order valence-electron chi connectivity index (χ2n) is 26.2. The highest BCUT2D eigenvalue weighted by Gasteiger charge is 2.30. The van der Waals surface area contributed by atoms with Crippen LogP contribution >= 0.6 is 15.6 Å². The lowest BCUT2D eigenvalue weighted by Crippen LogP contribution is -2.30. The Morgan fingerprint density at radius 2 is 0.528 bits per heavy atom. The lowest BCUT2D eigenvalue weighted by atomic mass is 10.0. The summed E-state index contributed by atoms with van der Waals surface area (Å²) in [5, 5.41) is 10.6. The van der Waals surface area contributed by atoms with E-state index in [2.05, 4.69) is 174 Å². The standard InChI is InChI=1S/C87H142O17P2/c1-5-9-13-17-21-25-29-33-36-38-40-42-45-48-51-55-59-63-67-71-84(89)97-77-82(103-86(91)73-69-65-61-57-53-47-32-28-24-20-16-12-8-4)79-101-105(93,94)99-75-81(88)76-100-106(95,96)102-80-83(104-87(92)74-70-66-62-58-54-50-44-35-31-27-23-19-15-11-7-3)78-98-85(90)72-68-64-60-56-52-49-46-43-41-39-37-34-30-26-22-18-14-10-6-2/h9-11,13-15,21-23,25-27,33-37,40-44,48,51,54,58,66,70,81-83,88H,5-8,12,16-20,24,28-32,38-39,45-47,49-50,52-53,55-57,59-65,67-69,71-80H2,1-4H3,(H,93,94)(H,95,96)/b13-9-,14-10-,15-11-,25-21-,26-22-,27-23-,36-33-,37-34-,42-40-,43-41-,44-35-,51-48-,58-54-,70-66-. The first kappa shape index (κ1) is 100. The Kier molecular flexibility index (Phi) is 73.5. The minimum absolute atomic E-state index is 0.0823. The molecule has 0 amide bonds. The van der Waals surface area contributed by atoms with Crippen LogP contribution in [-0.2, 0) is 65.4 Å². The average Bonchev–Trinajstić information content (AvgIpc) is 0.901. The summed E-state index contributed by atoms with van der Waals surface area (Å²) in [7, 11) is -10.0. The van der Waals surface area contributed by atoms with Crippen molar-refractivity contribution in [1.82, 2.24) is 0 Å². The fourth-order valence-corrected chi connectivity index (χ4v) is 11.8. The molecule has 3 N–H and O–H groups in total. The maximum atomic E-state index is 13.1. The molecule has 0 spiro atoms. The van der Waals surface area contributed by atoms with Crippen LogP contribution in [0.1, 0.15) is 297 Å². The SMILES string of the molecule is CC/C=C\C/C=C\C/C=C\C/C=C\C/C=C\CCCCCC(=O)OCC(COP(=O)(O)OCC(O)COP(=O)(O)OCC(COC(=O)CCCCCCCC/C=C\C/C=C\C/C=C\C/C=C\CC)OC(=O)C/C=C\C/C=C\C/C=C\C/C=C\C/C=C\CC)OC(=O)CCCCCCCCCCCCCCC. The molecule has 19 heteroatoms. The van der Waals surface area contributed by atoms with Crippen molar-refractivity contribution in [1.29, 1.82) is 0 Å². The van der Waals surface area contributed by atoms with Crippen molar-refractivity contribution in [2.75, 3.05) is 39.6 Å². The van der Waals surface area contributed by atoms with Gasteiger partial charge in [-0.1, -0.05) is 307 Å². The molecule has 0 aromatic carbocycles. The van der Waals surface area contributed by atoms with E-state index in [-0.39, 0.29) is 25.7 Å². The molecule has 5 unspecified atom stereocenters. The van der Waals surface area contributed by atoms with Crippen LogP contribution in [0, 0.1) is 0 Å². The molecule has 5 atom stereocenters. The topological polar surface area (TPSA) is 237 Å². The number of hydrogen-bond donors (Lipinski definition) is 3. The number of ether oxygens (including phenoxy) is 4. The van der Waals surface area contributed by atoms with Crippen molar-refractivity contribution >= 4 is 39.5 Å². The number of carbonyl (C=O) groups excluding carboxylic acids is 4. The van der Waals surface area contributed by atoms with Crippen molar-refractivity contribution in [3.05, 3.63) is 170 Å². The Labute approximate surface area is 642 Å². The number of phosphoric acid groups is 2. The van der Waals surface area contributed by atoms with Gasteiger partial charge >= 0.3 is 39.5 Å². The molecule has 0 aliphatic rings. The fourth-order valence-electron chi connectivity index (χ4n) is 10.2. The summed E-state index contributed by atoms with van der Waals surface area (Å²) in [6, 6.07) is 0. The average molecular weight is 1520 g/mol. The first-order chi connectivity index (χ1) is 51.7. The molecule has 0 aliphatic heterocycles. The number of aliphatic hydroxyl groups is 1. The predicted octanol–water partition coefficient (Wildman–Crippen LogP) is 23.8. The maximum absolute atomic E-state index is 13.1. The molecule has 0 aliphatic carbocycles. The van der Waals surface area contributed by atoms with Crippen LogP contribution in [0.4, 0.5) is 0 Å². The van der Waals surface area contributed by atoms with Crippen molar-refractivity contribution in [2.45, 2.75) is 316 Å². The Morgan fingerprint density at radius 1 is 0.283 bits per heavy atom. The number of hydrogen-bond acceptors (Lipinski definition) is 15. The van der Waals surface area contributed by atoms with Gasteiger partial charge in [-0.3, -0.25) is 37.3 Å². The summed E-state index contributed by atoms with van der Waals surface area (Å²) in [5.74, 6) is -2.38. The summed E-state index contributed by atoms with van der Waals surface area (Å²) in [6.07, 6.45) is 92.2. The second kappa shape index (κ2) is 77.6. The van der Waals surface area contributed by atoms with Crippen LogP contribution in [0.3, 0.4) is 0 Å². The van der Waals surface area contributed by atoms with Crippen molar-refractivity contribution in [3.63, 3.8) is 0 Å². The molecule has 0 aromatic rings. The molecule has 0 saturated heterocycles. The highest BCUT2D eigenvalue weighted by Crippen LogP contribution is 2.45. The quantitative estimate of drug-likeness (QED) is 0.0169. The van der Waals surface area contributed by atoms with E-state index < -0.39 is 97.5 Å². The number of carbonyl (C=O) groups is 4. The first-order valence-corrected chi connectivity index (χ1v) is 43.4. The monoisotopic (exact) mass is 1520 g/mol. The zero-order chi connectivity index (χ0) is 77.4. The van der Waals surface area contributed by atoms with Crippen molar-refractivity contribution in [2.24, 2.45) is 0 Å². The van der Waals surface area contributed by atoms with E-state index in [1.165, 1.54) is 51.4 Å². The van der Waals surface area contributed by atoms with Crippen molar-refractivity contribution in [3.8, 4) is 0 Å². The minimum atomic E-state index is -5.01. The third kappa shape index (κ3) is 76.6. The summed E-state index contributed by atoms with van der Waals surface area (Å²) in [6.45, 7) is 4.36. The maximum Gasteiger partial charge on any atom is 0.472 e. The smallest absolute Gasteiger partial charge is 0.462 e. The molecule has 0 bridgehead atoms. The predicted molar refractivity (Wildman–Crippen MR) is 436 cm³/mol. The van der Waals surface area contributed by atoms with E-state index in [1.807, 2.05) is 12.2 Å². The largest absolute Gasteiger partial charge is 0.472 e. The van der Waals surface area contributed by atoms with Crippen LogP contribution in [0.15, 0.2) is 170 Å². The van der Waals surface area contributed by atoms with Crippen LogP contribution in [0.5, 0.6) is 0 Å². The number of esters is 4. The number of aliphatic hydroxyl groups excluding tert-OH is 1. The van der Waals surface area contributed by atoms with Crippen molar-refractivity contribution < 1.29 is 80.2 Å². The lowest BCUT2D eigenvalue weighted by molar-refractivity contribution is -0.161. The van der Waals surface area contributed by atoms with E-state index >= 15 is 0 Å². The highest BCUT2D eigenvalue weighted by molar-refractivity contribution is 7.47. The number of rotatable bonds is 74. The number of phosphoric ester groups is 2. The first-order valence-electron chi connectivity index (χ1n) is 40.4. The molecule has 0 fully saturated rings. The molecular weight excluding hydrogens is 1380 g/mol. The molecule has 0 heterocycles. The van der Waals surface area contributed by atoms with Gasteiger partial charge in [0.25, 0.3) is 0 Å². The van der Waals surface area contributed by atoms with Gasteiger partial charge in [0.2, 0.25) is 0 Å². The van der Waals surface area contributed by atoms with Gasteiger partial charge in [0.1, 0.15) is 19.3 Å². The van der Waals surface area contributed by atoms with Gasteiger partial charge in [0.05, 0.1) is 32.8 Å². The third-order valence-corrected chi connectivity index (χ3v) is 18.1. The molecule has 0 rings (SSSR count). The highest BCUT2D eigenvalue weighted by atomic mass is 31.2. The Morgan fingerprint density at radius 3 is 0.849 bits per heavy atom. The van der Waals surface area contributed by atoms with Gasteiger partial charge in [0.15, 0.2) is 12.2 Å². The van der Waals surface area contributed by atoms with Gasteiger partial charge in [-0.2, -0.15) is 0 Å². The second-order valence-corrected chi connectivity index (χ2v) is 29.1. The molecule has 0 radical (unpaired) electrons. The Balaban J connectivity index is 5.45. The van der Waals surface area contributed by atoms with Crippen LogP contribution < -0.4 is 0 Å². The molecule has 106 heavy (non-hydrogen) atoms. The van der Waals surface area contributed by atoms with Gasteiger partial charge in [0, 0.05) is 19.3 Å². The van der Waals surface area contributed by atoms with E-state index in [0.29, 0.717) is 25.7 Å². The summed E-state index contributed by atoms with van der Waals surface area (Å²) in [5.41, 5.74) is 0. The van der Waals surface area contributed by atoms with Gasteiger partial charge in [-0.15, -0.1) is 0 Å². The zero-order valence-electron chi connectivity index (χ0n) is 65.8.